The highest BCUT2D eigenvalue weighted by molar-refractivity contribution is 6.30. The van der Waals surface area contributed by atoms with E-state index in [1.54, 1.807) is 17.0 Å². The second-order valence-electron chi connectivity index (χ2n) is 7.36. The van der Waals surface area contributed by atoms with Crippen molar-refractivity contribution in [3.63, 3.8) is 0 Å². The van der Waals surface area contributed by atoms with Crippen LogP contribution in [0.4, 0.5) is 5.69 Å². The molecule has 0 aliphatic carbocycles. The summed E-state index contributed by atoms with van der Waals surface area (Å²) in [6.07, 6.45) is 1.30. The van der Waals surface area contributed by atoms with E-state index in [-0.39, 0.29) is 11.8 Å². The van der Waals surface area contributed by atoms with Gasteiger partial charge in [0.15, 0.2) is 0 Å². The molecular formula is C21H19ClN6O2. The van der Waals surface area contributed by atoms with Crippen LogP contribution in [0.3, 0.4) is 0 Å². The SMILES string of the molecule is CCCn1nnc2cc(-c3noc([C@@H]4CC(=O)N(c5cccc(Cl)c5)C4)n3)ccc21. The van der Waals surface area contributed by atoms with Crippen LogP contribution >= 0.6 is 11.6 Å². The summed E-state index contributed by atoms with van der Waals surface area (Å²) in [4.78, 5) is 18.8. The minimum Gasteiger partial charge on any atom is -0.339 e. The third kappa shape index (κ3) is 3.33. The number of carbonyl (C=O) groups excluding carboxylic acids is 1. The topological polar surface area (TPSA) is 89.9 Å². The number of anilines is 1. The van der Waals surface area contributed by atoms with E-state index < -0.39 is 0 Å². The number of halogens is 1. The first-order chi connectivity index (χ1) is 14.6. The zero-order valence-corrected chi connectivity index (χ0v) is 17.1. The minimum absolute atomic E-state index is 0.0102. The molecule has 0 saturated carbocycles. The Kier molecular flexibility index (Phi) is 4.71. The third-order valence-corrected chi connectivity index (χ3v) is 5.48. The molecule has 0 radical (unpaired) electrons. The summed E-state index contributed by atoms with van der Waals surface area (Å²) in [5, 5.41) is 13.1. The van der Waals surface area contributed by atoms with Crippen molar-refractivity contribution in [2.75, 3.05) is 11.4 Å². The Labute approximate surface area is 177 Å². The fourth-order valence-electron chi connectivity index (χ4n) is 3.77. The zero-order valence-electron chi connectivity index (χ0n) is 16.3. The van der Waals surface area contributed by atoms with E-state index in [0.29, 0.717) is 29.7 Å². The van der Waals surface area contributed by atoms with Crippen molar-refractivity contribution in [1.29, 1.82) is 0 Å². The van der Waals surface area contributed by atoms with E-state index in [4.69, 9.17) is 16.1 Å². The van der Waals surface area contributed by atoms with Crippen LogP contribution in [0.1, 0.15) is 31.6 Å². The molecule has 4 aromatic rings. The molecule has 5 rings (SSSR count). The van der Waals surface area contributed by atoms with Crippen LogP contribution in [0.25, 0.3) is 22.4 Å². The Hall–Kier alpha value is -3.26. The lowest BCUT2D eigenvalue weighted by molar-refractivity contribution is -0.117. The number of carbonyl (C=O) groups is 1. The average molecular weight is 423 g/mol. The van der Waals surface area contributed by atoms with E-state index in [2.05, 4.69) is 27.4 Å². The highest BCUT2D eigenvalue weighted by Gasteiger charge is 2.35. The van der Waals surface area contributed by atoms with Crippen LogP contribution in [0, 0.1) is 0 Å². The molecule has 0 spiro atoms. The highest BCUT2D eigenvalue weighted by atomic mass is 35.5. The molecule has 0 N–H and O–H groups in total. The number of amides is 1. The molecule has 0 unspecified atom stereocenters. The Morgan fingerprint density at radius 3 is 2.97 bits per heavy atom. The van der Waals surface area contributed by atoms with Crippen LogP contribution in [0.2, 0.25) is 5.02 Å². The lowest BCUT2D eigenvalue weighted by Crippen LogP contribution is -2.24. The monoisotopic (exact) mass is 422 g/mol. The number of nitrogens with zero attached hydrogens (tertiary/aromatic N) is 6. The first-order valence-corrected chi connectivity index (χ1v) is 10.2. The molecule has 152 valence electrons. The van der Waals surface area contributed by atoms with Crippen molar-refractivity contribution in [3.05, 3.63) is 53.4 Å². The first kappa shape index (κ1) is 18.7. The van der Waals surface area contributed by atoms with Crippen molar-refractivity contribution in [2.45, 2.75) is 32.2 Å². The van der Waals surface area contributed by atoms with Gasteiger partial charge in [0.25, 0.3) is 0 Å². The largest absolute Gasteiger partial charge is 0.339 e. The second-order valence-corrected chi connectivity index (χ2v) is 7.79. The Morgan fingerprint density at radius 2 is 2.13 bits per heavy atom. The summed E-state index contributed by atoms with van der Waals surface area (Å²) in [6, 6.07) is 13.1. The van der Waals surface area contributed by atoms with Gasteiger partial charge in [-0.05, 0) is 42.8 Å². The molecule has 1 atom stereocenters. The van der Waals surface area contributed by atoms with E-state index >= 15 is 0 Å². The van der Waals surface area contributed by atoms with E-state index in [9.17, 15) is 4.79 Å². The molecule has 0 bridgehead atoms. The van der Waals surface area contributed by atoms with Gasteiger partial charge in [-0.2, -0.15) is 4.98 Å². The molecular weight excluding hydrogens is 404 g/mol. The molecule has 1 saturated heterocycles. The average Bonchev–Trinajstić information content (AvgIpc) is 3.46. The predicted octanol–water partition coefficient (Wildman–Crippen LogP) is 4.07. The maximum absolute atomic E-state index is 12.5. The van der Waals surface area contributed by atoms with Crippen molar-refractivity contribution in [2.24, 2.45) is 0 Å². The van der Waals surface area contributed by atoms with E-state index in [1.807, 2.05) is 35.0 Å². The van der Waals surface area contributed by atoms with Gasteiger partial charge >= 0.3 is 0 Å². The Balaban J connectivity index is 1.38. The molecule has 30 heavy (non-hydrogen) atoms. The number of aryl methyl sites for hydroxylation is 1. The summed E-state index contributed by atoms with van der Waals surface area (Å²) in [7, 11) is 0. The number of rotatable bonds is 5. The predicted molar refractivity (Wildman–Crippen MR) is 112 cm³/mol. The van der Waals surface area contributed by atoms with E-state index in [1.165, 1.54) is 0 Å². The van der Waals surface area contributed by atoms with Crippen LogP contribution in [0.5, 0.6) is 0 Å². The van der Waals surface area contributed by atoms with Gasteiger partial charge < -0.3 is 9.42 Å². The normalized spacial score (nSPS) is 16.7. The van der Waals surface area contributed by atoms with E-state index in [0.717, 1.165) is 35.2 Å². The maximum atomic E-state index is 12.5. The standard InChI is InChI=1S/C21H19ClN6O2/c1-2-8-28-18-7-6-13(9-17(18)24-26-28)20-23-21(30-25-20)14-10-19(29)27(12-14)16-5-3-4-15(22)11-16/h3-7,9,11,14H,2,8,10,12H2,1H3/t14-/m1/s1. The number of benzene rings is 2. The van der Waals surface area contributed by atoms with Gasteiger partial charge in [0.1, 0.15) is 5.52 Å². The fraction of sp³-hybridized carbons (Fsp3) is 0.286. The van der Waals surface area contributed by atoms with Gasteiger partial charge in [-0.1, -0.05) is 35.0 Å². The summed E-state index contributed by atoms with van der Waals surface area (Å²) < 4.78 is 7.39. The lowest BCUT2D eigenvalue weighted by Gasteiger charge is -2.16. The molecule has 2 aromatic carbocycles. The molecule has 9 heteroatoms. The summed E-state index contributed by atoms with van der Waals surface area (Å²) >= 11 is 6.07. The molecule has 1 aliphatic rings. The van der Waals surface area contributed by atoms with Crippen molar-refractivity contribution in [1.82, 2.24) is 25.1 Å². The first-order valence-electron chi connectivity index (χ1n) is 9.85. The number of fused-ring (bicyclic) bond motifs is 1. The summed E-state index contributed by atoms with van der Waals surface area (Å²) in [5.41, 5.74) is 3.34. The molecule has 8 nitrogen and oxygen atoms in total. The quantitative estimate of drug-likeness (QED) is 0.481. The third-order valence-electron chi connectivity index (χ3n) is 5.24. The van der Waals surface area contributed by atoms with Gasteiger partial charge in [-0.15, -0.1) is 5.10 Å². The van der Waals surface area contributed by atoms with Crippen LogP contribution < -0.4 is 4.90 Å². The minimum atomic E-state index is -0.160. The molecule has 1 amide bonds. The van der Waals surface area contributed by atoms with Gasteiger partial charge in [0, 0.05) is 35.8 Å². The van der Waals surface area contributed by atoms with Crippen molar-refractivity contribution < 1.29 is 9.32 Å². The second kappa shape index (κ2) is 7.53. The molecule has 3 heterocycles. The fourth-order valence-corrected chi connectivity index (χ4v) is 3.96. The maximum Gasteiger partial charge on any atom is 0.232 e. The molecule has 2 aromatic heterocycles. The Bertz CT molecular complexity index is 1230. The van der Waals surface area contributed by atoms with Gasteiger partial charge in [-0.3, -0.25) is 4.79 Å². The number of hydrogen-bond donors (Lipinski definition) is 0. The van der Waals surface area contributed by atoms with Gasteiger partial charge in [0.2, 0.25) is 17.6 Å². The summed E-state index contributed by atoms with van der Waals surface area (Å²) in [5.74, 6) is 0.783. The number of hydrogen-bond acceptors (Lipinski definition) is 6. The smallest absolute Gasteiger partial charge is 0.232 e. The van der Waals surface area contributed by atoms with Crippen molar-refractivity contribution in [3.8, 4) is 11.4 Å². The van der Waals surface area contributed by atoms with Crippen LogP contribution in [-0.2, 0) is 11.3 Å². The van der Waals surface area contributed by atoms with Crippen molar-refractivity contribution >= 4 is 34.2 Å². The Morgan fingerprint density at radius 1 is 1.23 bits per heavy atom. The van der Waals surface area contributed by atoms with Gasteiger partial charge in [-0.25, -0.2) is 4.68 Å². The van der Waals surface area contributed by atoms with Crippen LogP contribution in [-0.4, -0.2) is 37.6 Å². The summed E-state index contributed by atoms with van der Waals surface area (Å²) in [6.45, 7) is 3.40. The lowest BCUT2D eigenvalue weighted by atomic mass is 10.1. The van der Waals surface area contributed by atoms with Gasteiger partial charge in [0.05, 0.1) is 11.4 Å². The molecule has 1 aliphatic heterocycles. The number of aromatic nitrogens is 5. The highest BCUT2D eigenvalue weighted by Crippen LogP contribution is 2.33. The zero-order chi connectivity index (χ0) is 20.7. The molecule has 1 fully saturated rings. The van der Waals surface area contributed by atoms with Crippen LogP contribution in [0.15, 0.2) is 47.0 Å².